The van der Waals surface area contributed by atoms with Gasteiger partial charge >= 0.3 is 18.2 Å². The maximum absolute atomic E-state index is 11.9. The molecule has 2 amide bonds. The van der Waals surface area contributed by atoms with Crippen LogP contribution in [-0.2, 0) is 25.6 Å². The molecule has 0 aromatic heterocycles. The molecular formula is C17H24N2O6. The van der Waals surface area contributed by atoms with Crippen molar-refractivity contribution in [3.05, 3.63) is 35.9 Å². The van der Waals surface area contributed by atoms with Crippen LogP contribution in [0.25, 0.3) is 0 Å². The third-order valence-corrected chi connectivity index (χ3v) is 2.86. The van der Waals surface area contributed by atoms with E-state index in [1.54, 1.807) is 32.9 Å². The topological polar surface area (TPSA) is 103 Å². The van der Waals surface area contributed by atoms with Crippen molar-refractivity contribution in [2.75, 3.05) is 13.2 Å². The predicted molar refractivity (Wildman–Crippen MR) is 89.8 cm³/mol. The Morgan fingerprint density at radius 3 is 2.20 bits per heavy atom. The Balaban J connectivity index is 2.52. The molecule has 138 valence electrons. The summed E-state index contributed by atoms with van der Waals surface area (Å²) in [6, 6.07) is 7.82. The molecule has 0 aliphatic rings. The number of benzene rings is 1. The zero-order chi connectivity index (χ0) is 18.7. The first-order valence-electron chi connectivity index (χ1n) is 7.99. The van der Waals surface area contributed by atoms with E-state index in [0.29, 0.717) is 0 Å². The second-order valence-corrected chi connectivity index (χ2v) is 5.41. The molecule has 8 nitrogen and oxygen atoms in total. The quantitative estimate of drug-likeness (QED) is 0.548. The fourth-order valence-electron chi connectivity index (χ4n) is 1.75. The molecular weight excluding hydrogens is 328 g/mol. The first-order chi connectivity index (χ1) is 11.9. The van der Waals surface area contributed by atoms with Crippen molar-refractivity contribution in [3.8, 4) is 0 Å². The standard InChI is InChI=1S/C17H24N2O6/c1-4-23-15(20)14(11-25-16(21)18-12(2)3)19-17(22)24-10-13-8-6-5-7-9-13/h5-9,12,14H,4,10-11H2,1-3H3,(H,18,21)(H,19,22)/t14-/m0/s1. The van der Waals surface area contributed by atoms with Gasteiger partial charge in [-0.15, -0.1) is 0 Å². The van der Waals surface area contributed by atoms with Crippen LogP contribution in [0.3, 0.4) is 0 Å². The first kappa shape index (κ1) is 20.3. The lowest BCUT2D eigenvalue weighted by atomic mass is 10.2. The van der Waals surface area contributed by atoms with Crippen LogP contribution in [0.4, 0.5) is 9.59 Å². The molecule has 25 heavy (non-hydrogen) atoms. The molecule has 1 aromatic rings. The minimum atomic E-state index is -1.15. The van der Waals surface area contributed by atoms with Gasteiger partial charge in [0.2, 0.25) is 0 Å². The number of rotatable bonds is 8. The van der Waals surface area contributed by atoms with E-state index in [1.807, 2.05) is 18.2 Å². The van der Waals surface area contributed by atoms with Gasteiger partial charge in [0.05, 0.1) is 6.61 Å². The molecule has 2 N–H and O–H groups in total. The number of amides is 2. The summed E-state index contributed by atoms with van der Waals surface area (Å²) >= 11 is 0. The second kappa shape index (κ2) is 10.9. The summed E-state index contributed by atoms with van der Waals surface area (Å²) in [5.41, 5.74) is 0.804. The molecule has 0 spiro atoms. The van der Waals surface area contributed by atoms with Gasteiger partial charge in [-0.2, -0.15) is 0 Å². The maximum Gasteiger partial charge on any atom is 0.408 e. The van der Waals surface area contributed by atoms with Crippen molar-refractivity contribution >= 4 is 18.2 Å². The normalized spacial score (nSPS) is 11.4. The van der Waals surface area contributed by atoms with Crippen LogP contribution < -0.4 is 10.6 Å². The Hall–Kier alpha value is -2.77. The van der Waals surface area contributed by atoms with E-state index in [-0.39, 0.29) is 25.9 Å². The van der Waals surface area contributed by atoms with Gasteiger partial charge in [-0.3, -0.25) is 0 Å². The summed E-state index contributed by atoms with van der Waals surface area (Å²) in [6.45, 7) is 4.99. The van der Waals surface area contributed by atoms with Gasteiger partial charge in [-0.05, 0) is 26.3 Å². The summed E-state index contributed by atoms with van der Waals surface area (Å²) < 4.78 is 14.8. The summed E-state index contributed by atoms with van der Waals surface area (Å²) in [6.07, 6.45) is -1.50. The highest BCUT2D eigenvalue weighted by Gasteiger charge is 2.24. The molecule has 0 fully saturated rings. The minimum Gasteiger partial charge on any atom is -0.464 e. The lowest BCUT2D eigenvalue weighted by molar-refractivity contribution is -0.146. The number of carbonyl (C=O) groups excluding carboxylic acids is 3. The van der Waals surface area contributed by atoms with Crippen LogP contribution in [0.15, 0.2) is 30.3 Å². The zero-order valence-corrected chi connectivity index (χ0v) is 14.6. The molecule has 8 heteroatoms. The number of ether oxygens (including phenoxy) is 3. The Bertz CT molecular complexity index is 562. The van der Waals surface area contributed by atoms with E-state index in [9.17, 15) is 14.4 Å². The second-order valence-electron chi connectivity index (χ2n) is 5.41. The lowest BCUT2D eigenvalue weighted by Gasteiger charge is -2.18. The Morgan fingerprint density at radius 1 is 0.960 bits per heavy atom. The summed E-state index contributed by atoms with van der Waals surface area (Å²) in [4.78, 5) is 35.2. The fourth-order valence-corrected chi connectivity index (χ4v) is 1.75. The Labute approximate surface area is 146 Å². The van der Waals surface area contributed by atoms with Crippen LogP contribution in [0.5, 0.6) is 0 Å². The van der Waals surface area contributed by atoms with E-state index in [1.165, 1.54) is 0 Å². The first-order valence-corrected chi connectivity index (χ1v) is 7.99. The number of carbonyl (C=O) groups is 3. The smallest absolute Gasteiger partial charge is 0.408 e. The SMILES string of the molecule is CCOC(=O)[C@H](COC(=O)NC(C)C)NC(=O)OCc1ccccc1. The Morgan fingerprint density at radius 2 is 1.60 bits per heavy atom. The molecule has 1 rings (SSSR count). The van der Waals surface area contributed by atoms with Crippen LogP contribution in [-0.4, -0.2) is 43.5 Å². The maximum atomic E-state index is 11.9. The average molecular weight is 352 g/mol. The number of nitrogens with one attached hydrogen (secondary N) is 2. The van der Waals surface area contributed by atoms with E-state index in [2.05, 4.69) is 10.6 Å². The van der Waals surface area contributed by atoms with Crippen LogP contribution in [0.1, 0.15) is 26.3 Å². The average Bonchev–Trinajstić information content (AvgIpc) is 2.57. The molecule has 0 aliphatic heterocycles. The minimum absolute atomic E-state index is 0.0525. The van der Waals surface area contributed by atoms with Crippen LogP contribution in [0, 0.1) is 0 Å². The molecule has 0 bridgehead atoms. The molecule has 1 atom stereocenters. The lowest BCUT2D eigenvalue weighted by Crippen LogP contribution is -2.46. The highest BCUT2D eigenvalue weighted by molar-refractivity contribution is 5.81. The van der Waals surface area contributed by atoms with E-state index >= 15 is 0 Å². The van der Waals surface area contributed by atoms with Gasteiger partial charge in [0.1, 0.15) is 13.2 Å². The van der Waals surface area contributed by atoms with Gasteiger partial charge in [0, 0.05) is 6.04 Å². The molecule has 0 unspecified atom stereocenters. The molecule has 0 saturated carbocycles. The van der Waals surface area contributed by atoms with Crippen LogP contribution in [0.2, 0.25) is 0 Å². The van der Waals surface area contributed by atoms with Crippen molar-refractivity contribution in [2.24, 2.45) is 0 Å². The molecule has 1 aromatic carbocycles. The molecule has 0 radical (unpaired) electrons. The Kier molecular flexibility index (Phi) is 8.84. The predicted octanol–water partition coefficient (Wildman–Crippen LogP) is 1.98. The van der Waals surface area contributed by atoms with E-state index in [0.717, 1.165) is 5.56 Å². The molecule has 0 heterocycles. The monoisotopic (exact) mass is 352 g/mol. The van der Waals surface area contributed by atoms with Crippen molar-refractivity contribution in [1.29, 1.82) is 0 Å². The van der Waals surface area contributed by atoms with E-state index < -0.39 is 24.2 Å². The highest BCUT2D eigenvalue weighted by atomic mass is 16.6. The van der Waals surface area contributed by atoms with Crippen molar-refractivity contribution in [3.63, 3.8) is 0 Å². The summed E-state index contributed by atoms with van der Waals surface area (Å²) in [5.74, 6) is -0.712. The van der Waals surface area contributed by atoms with Gasteiger partial charge in [0.25, 0.3) is 0 Å². The van der Waals surface area contributed by atoms with Gasteiger partial charge in [-0.25, -0.2) is 14.4 Å². The molecule has 0 aliphatic carbocycles. The highest BCUT2D eigenvalue weighted by Crippen LogP contribution is 2.01. The number of alkyl carbamates (subject to hydrolysis) is 2. The van der Waals surface area contributed by atoms with Crippen molar-refractivity contribution < 1.29 is 28.6 Å². The van der Waals surface area contributed by atoms with Gasteiger partial charge < -0.3 is 24.8 Å². The van der Waals surface area contributed by atoms with E-state index in [4.69, 9.17) is 14.2 Å². The number of hydrogen-bond acceptors (Lipinski definition) is 6. The summed E-state index contributed by atoms with van der Waals surface area (Å²) in [7, 11) is 0. The van der Waals surface area contributed by atoms with Crippen molar-refractivity contribution in [1.82, 2.24) is 10.6 Å². The third kappa shape index (κ3) is 8.59. The van der Waals surface area contributed by atoms with Crippen molar-refractivity contribution in [2.45, 2.75) is 39.5 Å². The summed E-state index contributed by atoms with van der Waals surface area (Å²) in [5, 5.41) is 4.85. The number of esters is 1. The zero-order valence-electron chi connectivity index (χ0n) is 14.6. The third-order valence-electron chi connectivity index (χ3n) is 2.86. The van der Waals surface area contributed by atoms with Gasteiger partial charge in [-0.1, -0.05) is 30.3 Å². The van der Waals surface area contributed by atoms with Crippen LogP contribution >= 0.6 is 0 Å². The fraction of sp³-hybridized carbons (Fsp3) is 0.471. The van der Waals surface area contributed by atoms with Gasteiger partial charge in [0.15, 0.2) is 6.04 Å². The number of hydrogen-bond donors (Lipinski definition) is 2. The molecule has 0 saturated heterocycles. The largest absolute Gasteiger partial charge is 0.464 e.